The minimum atomic E-state index is -0.175. The number of nitrogens with zero attached hydrogens (tertiary/aromatic N) is 2. The molecule has 2 aromatic rings. The second kappa shape index (κ2) is 6.25. The van der Waals surface area contributed by atoms with Crippen molar-refractivity contribution in [2.75, 3.05) is 11.9 Å². The van der Waals surface area contributed by atoms with Gasteiger partial charge in [-0.1, -0.05) is 11.8 Å². The number of rotatable bonds is 2. The van der Waals surface area contributed by atoms with Crippen LogP contribution >= 0.6 is 0 Å². The van der Waals surface area contributed by atoms with Crippen LogP contribution in [-0.2, 0) is 7.05 Å². The molecule has 21 heavy (non-hydrogen) atoms. The molecule has 108 valence electrons. The summed E-state index contributed by atoms with van der Waals surface area (Å²) in [4.78, 5) is 12.3. The summed E-state index contributed by atoms with van der Waals surface area (Å²) in [6, 6.07) is 5.51. The van der Waals surface area contributed by atoms with Gasteiger partial charge in [0.25, 0.3) is 5.91 Å². The van der Waals surface area contributed by atoms with Gasteiger partial charge in [-0.05, 0) is 37.6 Å². The molecule has 5 nitrogen and oxygen atoms in total. The third kappa shape index (κ3) is 3.71. The molecular formula is C16H18N4O. The monoisotopic (exact) mass is 282 g/mol. The van der Waals surface area contributed by atoms with E-state index in [1.807, 2.05) is 33.0 Å². The number of carbonyl (C=O) groups excluding carboxylic acids is 1. The second-order valence-electron chi connectivity index (χ2n) is 4.85. The van der Waals surface area contributed by atoms with E-state index in [0.717, 1.165) is 16.8 Å². The Balaban J connectivity index is 2.26. The Kier molecular flexibility index (Phi) is 4.41. The SMILES string of the molecule is Cc1cc(C#CCN)cc(C(=O)Nc2cn(C)nc2C)c1. The average molecular weight is 282 g/mol. The molecule has 1 heterocycles. The second-order valence-corrected chi connectivity index (χ2v) is 4.85. The zero-order chi connectivity index (χ0) is 15.4. The molecule has 0 spiro atoms. The maximum Gasteiger partial charge on any atom is 0.255 e. The molecule has 0 atom stereocenters. The largest absolute Gasteiger partial charge is 0.320 e. The molecule has 2 rings (SSSR count). The number of hydrogen-bond acceptors (Lipinski definition) is 3. The van der Waals surface area contributed by atoms with Crippen molar-refractivity contribution in [1.82, 2.24) is 9.78 Å². The van der Waals surface area contributed by atoms with Crippen LogP contribution in [0.3, 0.4) is 0 Å². The molecule has 0 fully saturated rings. The summed E-state index contributed by atoms with van der Waals surface area (Å²) in [6.07, 6.45) is 1.78. The van der Waals surface area contributed by atoms with E-state index >= 15 is 0 Å². The Hall–Kier alpha value is -2.58. The quantitative estimate of drug-likeness (QED) is 0.822. The Bertz CT molecular complexity index is 734. The van der Waals surface area contributed by atoms with Gasteiger partial charge in [0.2, 0.25) is 0 Å². The lowest BCUT2D eigenvalue weighted by Crippen LogP contribution is -2.12. The Labute approximate surface area is 124 Å². The molecule has 0 unspecified atom stereocenters. The van der Waals surface area contributed by atoms with Crippen molar-refractivity contribution in [3.05, 3.63) is 46.8 Å². The summed E-state index contributed by atoms with van der Waals surface area (Å²) in [5.74, 6) is 5.57. The van der Waals surface area contributed by atoms with Crippen molar-refractivity contribution in [2.24, 2.45) is 12.8 Å². The molecule has 5 heteroatoms. The van der Waals surface area contributed by atoms with Crippen LogP contribution in [0.2, 0.25) is 0 Å². The van der Waals surface area contributed by atoms with Gasteiger partial charge in [-0.25, -0.2) is 0 Å². The molecule has 0 saturated heterocycles. The molecule has 0 saturated carbocycles. The molecule has 1 aromatic heterocycles. The first-order valence-corrected chi connectivity index (χ1v) is 6.62. The average Bonchev–Trinajstić information content (AvgIpc) is 2.74. The van der Waals surface area contributed by atoms with Crippen LogP contribution in [0, 0.1) is 25.7 Å². The molecule has 1 aromatic carbocycles. The molecule has 0 bridgehead atoms. The number of nitrogens with one attached hydrogen (secondary N) is 1. The molecule has 0 aliphatic carbocycles. The van der Waals surface area contributed by atoms with Crippen molar-refractivity contribution in [3.8, 4) is 11.8 Å². The molecule has 3 N–H and O–H groups in total. The van der Waals surface area contributed by atoms with Crippen LogP contribution < -0.4 is 11.1 Å². The lowest BCUT2D eigenvalue weighted by molar-refractivity contribution is 0.102. The summed E-state index contributed by atoms with van der Waals surface area (Å²) < 4.78 is 1.67. The van der Waals surface area contributed by atoms with Crippen molar-refractivity contribution < 1.29 is 4.79 Å². The van der Waals surface area contributed by atoms with E-state index in [0.29, 0.717) is 17.8 Å². The van der Waals surface area contributed by atoms with Crippen LogP contribution in [0.25, 0.3) is 0 Å². The van der Waals surface area contributed by atoms with Gasteiger partial charge in [0, 0.05) is 24.4 Å². The summed E-state index contributed by atoms with van der Waals surface area (Å²) >= 11 is 0. The lowest BCUT2D eigenvalue weighted by Gasteiger charge is -2.05. The molecule has 0 aliphatic rings. The topological polar surface area (TPSA) is 72.9 Å². The standard InChI is InChI=1S/C16H18N4O/c1-11-7-13(5-4-6-17)9-14(8-11)16(21)18-15-10-20(3)19-12(15)2/h7-10H,6,17H2,1-3H3,(H,18,21). The van der Waals surface area contributed by atoms with Crippen LogP contribution in [0.5, 0.6) is 0 Å². The van der Waals surface area contributed by atoms with E-state index in [-0.39, 0.29) is 5.91 Å². The molecule has 0 aliphatic heterocycles. The van der Waals surface area contributed by atoms with E-state index < -0.39 is 0 Å². The maximum atomic E-state index is 12.3. The maximum absolute atomic E-state index is 12.3. The number of nitrogens with two attached hydrogens (primary N) is 1. The predicted octanol–water partition coefficient (Wildman–Crippen LogP) is 1.60. The highest BCUT2D eigenvalue weighted by molar-refractivity contribution is 6.04. The highest BCUT2D eigenvalue weighted by Gasteiger charge is 2.11. The number of benzene rings is 1. The van der Waals surface area contributed by atoms with Gasteiger partial charge in [-0.2, -0.15) is 5.10 Å². The molecular weight excluding hydrogens is 264 g/mol. The van der Waals surface area contributed by atoms with Crippen molar-refractivity contribution in [2.45, 2.75) is 13.8 Å². The van der Waals surface area contributed by atoms with E-state index in [1.54, 1.807) is 16.9 Å². The van der Waals surface area contributed by atoms with Gasteiger partial charge in [-0.15, -0.1) is 0 Å². The fraction of sp³-hybridized carbons (Fsp3) is 0.250. The van der Waals surface area contributed by atoms with Crippen molar-refractivity contribution in [1.29, 1.82) is 0 Å². The van der Waals surface area contributed by atoms with E-state index in [4.69, 9.17) is 5.73 Å². The predicted molar refractivity (Wildman–Crippen MR) is 83.0 cm³/mol. The zero-order valence-corrected chi connectivity index (χ0v) is 12.4. The fourth-order valence-corrected chi connectivity index (χ4v) is 2.06. The smallest absolute Gasteiger partial charge is 0.255 e. The minimum absolute atomic E-state index is 0.175. The van der Waals surface area contributed by atoms with E-state index in [9.17, 15) is 4.79 Å². The number of carbonyl (C=O) groups is 1. The Morgan fingerprint density at radius 2 is 2.14 bits per heavy atom. The van der Waals surface area contributed by atoms with Gasteiger partial charge in [-0.3, -0.25) is 9.48 Å². The van der Waals surface area contributed by atoms with Gasteiger partial charge in [0.15, 0.2) is 0 Å². The van der Waals surface area contributed by atoms with Gasteiger partial charge < -0.3 is 11.1 Å². The van der Waals surface area contributed by atoms with Crippen LogP contribution in [0.4, 0.5) is 5.69 Å². The Morgan fingerprint density at radius 1 is 1.38 bits per heavy atom. The van der Waals surface area contributed by atoms with Gasteiger partial charge in [0.05, 0.1) is 17.9 Å². The minimum Gasteiger partial charge on any atom is -0.320 e. The number of aromatic nitrogens is 2. The summed E-state index contributed by atoms with van der Waals surface area (Å²) in [5.41, 5.74) is 9.19. The first-order valence-electron chi connectivity index (χ1n) is 6.62. The highest BCUT2D eigenvalue weighted by Crippen LogP contribution is 2.15. The molecule has 1 amide bonds. The van der Waals surface area contributed by atoms with Crippen molar-refractivity contribution in [3.63, 3.8) is 0 Å². The number of anilines is 1. The summed E-state index contributed by atoms with van der Waals surface area (Å²) in [7, 11) is 1.82. The van der Waals surface area contributed by atoms with E-state index in [2.05, 4.69) is 22.3 Å². The van der Waals surface area contributed by atoms with Crippen molar-refractivity contribution >= 4 is 11.6 Å². The molecule has 0 radical (unpaired) electrons. The van der Waals surface area contributed by atoms with Crippen LogP contribution in [0.15, 0.2) is 24.4 Å². The normalized spacial score (nSPS) is 9.90. The number of amides is 1. The van der Waals surface area contributed by atoms with Crippen LogP contribution in [0.1, 0.15) is 27.2 Å². The zero-order valence-electron chi connectivity index (χ0n) is 12.4. The first kappa shape index (κ1) is 14.8. The lowest BCUT2D eigenvalue weighted by atomic mass is 10.1. The number of aryl methyl sites for hydroxylation is 3. The summed E-state index contributed by atoms with van der Waals surface area (Å²) in [5, 5.41) is 7.06. The number of hydrogen-bond donors (Lipinski definition) is 2. The Morgan fingerprint density at radius 3 is 2.76 bits per heavy atom. The fourth-order valence-electron chi connectivity index (χ4n) is 2.06. The van der Waals surface area contributed by atoms with Gasteiger partial charge >= 0.3 is 0 Å². The van der Waals surface area contributed by atoms with Crippen LogP contribution in [-0.4, -0.2) is 22.2 Å². The third-order valence-electron chi connectivity index (χ3n) is 2.94. The highest BCUT2D eigenvalue weighted by atomic mass is 16.1. The van der Waals surface area contributed by atoms with Gasteiger partial charge in [0.1, 0.15) is 0 Å². The first-order chi connectivity index (χ1) is 9.99. The van der Waals surface area contributed by atoms with E-state index in [1.165, 1.54) is 0 Å². The third-order valence-corrected chi connectivity index (χ3v) is 2.94. The summed E-state index contributed by atoms with van der Waals surface area (Å²) in [6.45, 7) is 4.08.